The van der Waals surface area contributed by atoms with E-state index < -0.39 is 6.10 Å². The lowest BCUT2D eigenvalue weighted by Gasteiger charge is -2.15. The van der Waals surface area contributed by atoms with Crippen LogP contribution in [0.2, 0.25) is 5.02 Å². The Bertz CT molecular complexity index is 584. The zero-order valence-corrected chi connectivity index (χ0v) is 13.6. The first-order chi connectivity index (χ1) is 8.49. The first-order valence-electron chi connectivity index (χ1n) is 5.38. The lowest BCUT2D eigenvalue weighted by atomic mass is 10.0. The summed E-state index contributed by atoms with van der Waals surface area (Å²) in [6, 6.07) is 11.2. The molecule has 0 aliphatic carbocycles. The molecule has 4 heteroatoms. The average molecular weight is 391 g/mol. The van der Waals surface area contributed by atoms with Crippen LogP contribution in [0.15, 0.2) is 45.3 Å². The molecule has 0 saturated heterocycles. The molecule has 0 spiro atoms. The van der Waals surface area contributed by atoms with E-state index in [0.29, 0.717) is 5.02 Å². The molecule has 0 radical (unpaired) electrons. The van der Waals surface area contributed by atoms with Crippen LogP contribution >= 0.6 is 43.5 Å². The molecule has 0 amide bonds. The van der Waals surface area contributed by atoms with Gasteiger partial charge in [-0.1, -0.05) is 55.6 Å². The Hall–Kier alpha value is -0.350. The maximum atomic E-state index is 10.4. The standard InChI is InChI=1S/C14H11Br2ClO/c1-8-5-13(16)11(7-12(8)15)14(18)9-3-2-4-10(17)6-9/h2-7,14,18H,1H3. The highest BCUT2D eigenvalue weighted by atomic mass is 79.9. The van der Waals surface area contributed by atoms with Gasteiger partial charge in [0.05, 0.1) is 0 Å². The summed E-state index contributed by atoms with van der Waals surface area (Å²) in [5.41, 5.74) is 2.71. The molecule has 1 N–H and O–H groups in total. The van der Waals surface area contributed by atoms with Gasteiger partial charge in [-0.2, -0.15) is 0 Å². The molecule has 0 aliphatic rings. The molecule has 1 atom stereocenters. The van der Waals surface area contributed by atoms with E-state index in [1.165, 1.54) is 0 Å². The number of benzene rings is 2. The monoisotopic (exact) mass is 388 g/mol. The number of aliphatic hydroxyl groups is 1. The number of rotatable bonds is 2. The molecule has 0 aliphatic heterocycles. The third kappa shape index (κ3) is 2.97. The van der Waals surface area contributed by atoms with Crippen molar-refractivity contribution in [2.24, 2.45) is 0 Å². The Morgan fingerprint density at radius 1 is 1.11 bits per heavy atom. The summed E-state index contributed by atoms with van der Waals surface area (Å²) in [5.74, 6) is 0. The average Bonchev–Trinajstić information content (AvgIpc) is 2.33. The van der Waals surface area contributed by atoms with Crippen molar-refractivity contribution in [2.75, 3.05) is 0 Å². The van der Waals surface area contributed by atoms with E-state index in [1.807, 2.05) is 31.2 Å². The van der Waals surface area contributed by atoms with Crippen molar-refractivity contribution in [3.8, 4) is 0 Å². The van der Waals surface area contributed by atoms with Gasteiger partial charge in [0.1, 0.15) is 6.10 Å². The van der Waals surface area contributed by atoms with E-state index in [9.17, 15) is 5.11 Å². The Morgan fingerprint density at radius 2 is 1.83 bits per heavy atom. The molecule has 0 saturated carbocycles. The molecule has 2 aromatic carbocycles. The summed E-state index contributed by atoms with van der Waals surface area (Å²) >= 11 is 12.9. The summed E-state index contributed by atoms with van der Waals surface area (Å²) in [5, 5.41) is 11.0. The second kappa shape index (κ2) is 5.74. The molecule has 1 unspecified atom stereocenters. The maximum absolute atomic E-state index is 10.4. The molecule has 0 heterocycles. The molecule has 0 bridgehead atoms. The number of aryl methyl sites for hydroxylation is 1. The largest absolute Gasteiger partial charge is 0.384 e. The van der Waals surface area contributed by atoms with Gasteiger partial charge < -0.3 is 5.11 Å². The summed E-state index contributed by atoms with van der Waals surface area (Å²) in [4.78, 5) is 0. The van der Waals surface area contributed by atoms with Gasteiger partial charge in [-0.25, -0.2) is 0 Å². The lowest BCUT2D eigenvalue weighted by Crippen LogP contribution is -2.01. The van der Waals surface area contributed by atoms with E-state index in [1.54, 1.807) is 12.1 Å². The molecule has 18 heavy (non-hydrogen) atoms. The topological polar surface area (TPSA) is 20.2 Å². The highest BCUT2D eigenvalue weighted by Gasteiger charge is 2.15. The third-order valence-corrected chi connectivity index (χ3v) is 4.51. The zero-order chi connectivity index (χ0) is 13.3. The van der Waals surface area contributed by atoms with Gasteiger partial charge in [-0.05, 0) is 42.3 Å². The van der Waals surface area contributed by atoms with Crippen LogP contribution in [-0.2, 0) is 0 Å². The summed E-state index contributed by atoms with van der Waals surface area (Å²) in [7, 11) is 0. The number of hydrogen-bond acceptors (Lipinski definition) is 1. The van der Waals surface area contributed by atoms with Crippen LogP contribution in [0.1, 0.15) is 22.8 Å². The van der Waals surface area contributed by atoms with Gasteiger partial charge in [0.2, 0.25) is 0 Å². The van der Waals surface area contributed by atoms with Crippen molar-refractivity contribution in [1.29, 1.82) is 0 Å². The number of hydrogen-bond donors (Lipinski definition) is 1. The molecule has 2 aromatic rings. The van der Waals surface area contributed by atoms with Crippen molar-refractivity contribution in [2.45, 2.75) is 13.0 Å². The van der Waals surface area contributed by atoms with Crippen LogP contribution in [-0.4, -0.2) is 5.11 Å². The summed E-state index contributed by atoms with van der Waals surface area (Å²) in [6.07, 6.45) is -0.699. The molecule has 0 aromatic heterocycles. The van der Waals surface area contributed by atoms with Gasteiger partial charge in [0.25, 0.3) is 0 Å². The van der Waals surface area contributed by atoms with Crippen molar-refractivity contribution in [1.82, 2.24) is 0 Å². The Labute approximate surface area is 128 Å². The predicted octanol–water partition coefficient (Wildman–Crippen LogP) is 5.26. The predicted molar refractivity (Wildman–Crippen MR) is 82.1 cm³/mol. The Kier molecular flexibility index (Phi) is 4.49. The second-order valence-electron chi connectivity index (χ2n) is 4.08. The summed E-state index contributed by atoms with van der Waals surface area (Å²) in [6.45, 7) is 2.00. The van der Waals surface area contributed by atoms with Crippen LogP contribution in [0.25, 0.3) is 0 Å². The van der Waals surface area contributed by atoms with Gasteiger partial charge in [-0.3, -0.25) is 0 Å². The minimum Gasteiger partial charge on any atom is -0.384 e. The minimum atomic E-state index is -0.699. The van der Waals surface area contributed by atoms with Crippen molar-refractivity contribution >= 4 is 43.5 Å². The second-order valence-corrected chi connectivity index (χ2v) is 6.23. The minimum absolute atomic E-state index is 0.619. The number of aliphatic hydroxyl groups excluding tert-OH is 1. The molecular formula is C14H11Br2ClO. The lowest BCUT2D eigenvalue weighted by molar-refractivity contribution is 0.219. The fraction of sp³-hybridized carbons (Fsp3) is 0.143. The molecular weight excluding hydrogens is 379 g/mol. The van der Waals surface area contributed by atoms with Crippen molar-refractivity contribution in [3.63, 3.8) is 0 Å². The van der Waals surface area contributed by atoms with Crippen LogP contribution < -0.4 is 0 Å². The van der Waals surface area contributed by atoms with Crippen LogP contribution in [0.3, 0.4) is 0 Å². The van der Waals surface area contributed by atoms with Gasteiger partial charge in [0.15, 0.2) is 0 Å². The normalized spacial score (nSPS) is 12.5. The van der Waals surface area contributed by atoms with Gasteiger partial charge in [0, 0.05) is 19.5 Å². The van der Waals surface area contributed by atoms with Crippen LogP contribution in [0.4, 0.5) is 0 Å². The molecule has 1 nitrogen and oxygen atoms in total. The third-order valence-electron chi connectivity index (χ3n) is 2.74. The smallest absolute Gasteiger partial charge is 0.105 e. The zero-order valence-electron chi connectivity index (χ0n) is 9.62. The highest BCUT2D eigenvalue weighted by Crippen LogP contribution is 2.33. The van der Waals surface area contributed by atoms with Crippen LogP contribution in [0, 0.1) is 6.92 Å². The highest BCUT2D eigenvalue weighted by molar-refractivity contribution is 9.11. The molecule has 2 rings (SSSR count). The maximum Gasteiger partial charge on any atom is 0.105 e. The molecule has 94 valence electrons. The SMILES string of the molecule is Cc1cc(Br)c(C(O)c2cccc(Cl)c2)cc1Br. The van der Waals surface area contributed by atoms with Gasteiger partial charge in [-0.15, -0.1) is 0 Å². The quantitative estimate of drug-likeness (QED) is 0.742. The van der Waals surface area contributed by atoms with E-state index in [4.69, 9.17) is 11.6 Å². The van der Waals surface area contributed by atoms with E-state index in [0.717, 1.165) is 25.6 Å². The fourth-order valence-corrected chi connectivity index (χ4v) is 2.96. The molecule has 0 fully saturated rings. The van der Waals surface area contributed by atoms with Gasteiger partial charge >= 0.3 is 0 Å². The Morgan fingerprint density at radius 3 is 2.50 bits per heavy atom. The van der Waals surface area contributed by atoms with E-state index >= 15 is 0 Å². The van der Waals surface area contributed by atoms with E-state index in [2.05, 4.69) is 31.9 Å². The Balaban J connectivity index is 2.46. The number of halogens is 3. The summed E-state index contributed by atoms with van der Waals surface area (Å²) < 4.78 is 1.86. The first kappa shape index (κ1) is 14.1. The van der Waals surface area contributed by atoms with Crippen molar-refractivity contribution < 1.29 is 5.11 Å². The first-order valence-corrected chi connectivity index (χ1v) is 7.34. The fourth-order valence-electron chi connectivity index (χ4n) is 1.73. The van der Waals surface area contributed by atoms with Crippen molar-refractivity contribution in [3.05, 3.63) is 67.1 Å². The van der Waals surface area contributed by atoms with Crippen LogP contribution in [0.5, 0.6) is 0 Å². The van der Waals surface area contributed by atoms with E-state index in [-0.39, 0.29) is 0 Å².